The maximum absolute atomic E-state index is 12.7. The number of carbonyl (C=O) groups is 1. The van der Waals surface area contributed by atoms with Crippen molar-refractivity contribution in [2.24, 2.45) is 11.3 Å². The molecule has 0 radical (unpaired) electrons. The second-order valence-electron chi connectivity index (χ2n) is 7.49. The molecule has 1 spiro atoms. The maximum atomic E-state index is 12.7. The van der Waals surface area contributed by atoms with Gasteiger partial charge in [0.2, 0.25) is 5.91 Å². The van der Waals surface area contributed by atoms with Gasteiger partial charge in [0, 0.05) is 18.4 Å². The smallest absolute Gasteiger partial charge is 0.223 e. The van der Waals surface area contributed by atoms with Crippen LogP contribution in [0.3, 0.4) is 0 Å². The Morgan fingerprint density at radius 1 is 1.00 bits per heavy atom. The van der Waals surface area contributed by atoms with Crippen LogP contribution in [0.25, 0.3) is 0 Å². The molecule has 1 heterocycles. The first-order valence-corrected chi connectivity index (χ1v) is 9.37. The van der Waals surface area contributed by atoms with E-state index < -0.39 is 0 Å². The number of hydrogen-bond acceptors (Lipinski definition) is 2. The van der Waals surface area contributed by atoms with E-state index >= 15 is 0 Å². The number of carbonyl (C=O) groups excluding carboxylic acids is 1. The molecule has 2 aromatic rings. The van der Waals surface area contributed by atoms with Crippen LogP contribution in [0.2, 0.25) is 0 Å². The molecule has 0 aromatic heterocycles. The summed E-state index contributed by atoms with van der Waals surface area (Å²) in [4.78, 5) is 12.7. The number of amides is 1. The molecule has 1 aliphatic carbocycles. The summed E-state index contributed by atoms with van der Waals surface area (Å²) in [6, 6.07) is 20.9. The molecule has 1 aliphatic heterocycles. The Labute approximate surface area is 162 Å². The Kier molecular flexibility index (Phi) is 6.00. The van der Waals surface area contributed by atoms with E-state index in [1.54, 1.807) is 0 Å². The third-order valence-electron chi connectivity index (χ3n) is 5.99. The number of benzene rings is 2. The van der Waals surface area contributed by atoms with E-state index in [-0.39, 0.29) is 30.2 Å². The van der Waals surface area contributed by atoms with E-state index in [9.17, 15) is 4.79 Å². The van der Waals surface area contributed by atoms with Gasteiger partial charge >= 0.3 is 0 Å². The van der Waals surface area contributed by atoms with Gasteiger partial charge in [-0.3, -0.25) is 4.79 Å². The minimum atomic E-state index is 0. The van der Waals surface area contributed by atoms with E-state index in [0.29, 0.717) is 12.0 Å². The quantitative estimate of drug-likeness (QED) is 0.841. The van der Waals surface area contributed by atoms with Crippen LogP contribution in [0.1, 0.15) is 36.3 Å². The molecular formula is C22H27ClN2O. The van der Waals surface area contributed by atoms with Gasteiger partial charge in [0.1, 0.15) is 0 Å². The molecule has 138 valence electrons. The van der Waals surface area contributed by atoms with Gasteiger partial charge in [-0.15, -0.1) is 12.4 Å². The van der Waals surface area contributed by atoms with Crippen molar-refractivity contribution in [3.63, 3.8) is 0 Å². The zero-order valence-electron chi connectivity index (χ0n) is 15.0. The summed E-state index contributed by atoms with van der Waals surface area (Å²) in [5, 5.41) is 6.66. The van der Waals surface area contributed by atoms with Crippen molar-refractivity contribution in [1.29, 1.82) is 0 Å². The van der Waals surface area contributed by atoms with Gasteiger partial charge in [0.25, 0.3) is 0 Å². The average Bonchev–Trinajstić information content (AvgIpc) is 3.37. The molecule has 1 saturated heterocycles. The lowest BCUT2D eigenvalue weighted by Crippen LogP contribution is -2.35. The number of nitrogens with one attached hydrogen (secondary N) is 2. The molecule has 0 bridgehead atoms. The van der Waals surface area contributed by atoms with E-state index in [0.717, 1.165) is 32.4 Å². The Bertz CT molecular complexity index is 674. The van der Waals surface area contributed by atoms with Gasteiger partial charge in [0.15, 0.2) is 0 Å². The highest BCUT2D eigenvalue weighted by atomic mass is 35.5. The first kappa shape index (κ1) is 18.9. The van der Waals surface area contributed by atoms with Crippen LogP contribution < -0.4 is 10.6 Å². The lowest BCUT2D eigenvalue weighted by atomic mass is 9.90. The molecule has 2 fully saturated rings. The van der Waals surface area contributed by atoms with E-state index in [1.165, 1.54) is 11.1 Å². The minimum Gasteiger partial charge on any atom is -0.355 e. The topological polar surface area (TPSA) is 41.1 Å². The predicted octanol–water partition coefficient (Wildman–Crippen LogP) is 3.75. The molecule has 1 saturated carbocycles. The standard InChI is InChI=1S/C22H26N2O.ClH/c25-21(20-15-22(20)11-13-23-14-12-22)24-16-19(17-7-3-1-4-8-17)18-9-5-2-6-10-18;/h1-10,19-20,23H,11-16H2,(H,24,25);1H. The number of rotatable bonds is 5. The first-order chi connectivity index (χ1) is 12.3. The summed E-state index contributed by atoms with van der Waals surface area (Å²) in [6.45, 7) is 2.78. The molecule has 26 heavy (non-hydrogen) atoms. The van der Waals surface area contributed by atoms with Gasteiger partial charge in [-0.25, -0.2) is 0 Å². The lowest BCUT2D eigenvalue weighted by molar-refractivity contribution is -0.123. The van der Waals surface area contributed by atoms with Crippen LogP contribution >= 0.6 is 12.4 Å². The summed E-state index contributed by atoms with van der Waals surface area (Å²) < 4.78 is 0. The minimum absolute atomic E-state index is 0. The van der Waals surface area contributed by atoms with Crippen molar-refractivity contribution in [2.75, 3.05) is 19.6 Å². The van der Waals surface area contributed by atoms with Crippen LogP contribution in [0.15, 0.2) is 60.7 Å². The SMILES string of the molecule is Cl.O=C(NCC(c1ccccc1)c1ccccc1)C1CC12CCNCC2. The summed E-state index contributed by atoms with van der Waals surface area (Å²) >= 11 is 0. The number of hydrogen-bond donors (Lipinski definition) is 2. The van der Waals surface area contributed by atoms with Crippen molar-refractivity contribution in [1.82, 2.24) is 10.6 Å². The Balaban J connectivity index is 0.00000196. The Morgan fingerprint density at radius 2 is 1.54 bits per heavy atom. The number of piperidine rings is 1. The normalized spacial score (nSPS) is 20.4. The molecule has 3 nitrogen and oxygen atoms in total. The first-order valence-electron chi connectivity index (χ1n) is 9.37. The van der Waals surface area contributed by atoms with Gasteiger partial charge in [-0.1, -0.05) is 60.7 Å². The van der Waals surface area contributed by atoms with Gasteiger partial charge in [0.05, 0.1) is 0 Å². The molecule has 4 heteroatoms. The predicted molar refractivity (Wildman–Crippen MR) is 108 cm³/mol. The highest BCUT2D eigenvalue weighted by molar-refractivity contribution is 5.85. The highest BCUT2D eigenvalue weighted by Crippen LogP contribution is 2.58. The highest BCUT2D eigenvalue weighted by Gasteiger charge is 2.57. The molecule has 2 N–H and O–H groups in total. The average molecular weight is 371 g/mol. The van der Waals surface area contributed by atoms with Crippen LogP contribution in [0, 0.1) is 11.3 Å². The van der Waals surface area contributed by atoms with Crippen molar-refractivity contribution in [3.05, 3.63) is 71.8 Å². The maximum Gasteiger partial charge on any atom is 0.223 e. The van der Waals surface area contributed by atoms with E-state index in [2.05, 4.69) is 59.2 Å². The van der Waals surface area contributed by atoms with Crippen molar-refractivity contribution < 1.29 is 4.79 Å². The second-order valence-corrected chi connectivity index (χ2v) is 7.49. The summed E-state index contributed by atoms with van der Waals surface area (Å²) in [5.41, 5.74) is 2.80. The van der Waals surface area contributed by atoms with Gasteiger partial charge in [-0.2, -0.15) is 0 Å². The van der Waals surface area contributed by atoms with Gasteiger partial charge < -0.3 is 10.6 Å². The van der Waals surface area contributed by atoms with Crippen LogP contribution in [-0.4, -0.2) is 25.5 Å². The summed E-state index contributed by atoms with van der Waals surface area (Å²) in [6.07, 6.45) is 3.36. The Hall–Kier alpha value is -1.84. The van der Waals surface area contributed by atoms with Crippen LogP contribution in [0.4, 0.5) is 0 Å². The molecule has 1 unspecified atom stereocenters. The van der Waals surface area contributed by atoms with Crippen molar-refractivity contribution in [2.45, 2.75) is 25.2 Å². The fourth-order valence-corrected chi connectivity index (χ4v) is 4.32. The molecular weight excluding hydrogens is 344 g/mol. The second kappa shape index (κ2) is 8.24. The molecule has 2 aromatic carbocycles. The van der Waals surface area contributed by atoms with Crippen LogP contribution in [0.5, 0.6) is 0 Å². The monoisotopic (exact) mass is 370 g/mol. The van der Waals surface area contributed by atoms with E-state index in [1.807, 2.05) is 12.1 Å². The fraction of sp³-hybridized carbons (Fsp3) is 0.409. The fourth-order valence-electron chi connectivity index (χ4n) is 4.32. The largest absolute Gasteiger partial charge is 0.355 e. The Morgan fingerprint density at radius 3 is 2.08 bits per heavy atom. The number of halogens is 1. The molecule has 4 rings (SSSR count). The molecule has 1 atom stereocenters. The summed E-state index contributed by atoms with van der Waals surface area (Å²) in [7, 11) is 0. The third kappa shape index (κ3) is 3.94. The third-order valence-corrected chi connectivity index (χ3v) is 5.99. The van der Waals surface area contributed by atoms with Gasteiger partial charge in [-0.05, 0) is 48.9 Å². The summed E-state index contributed by atoms with van der Waals surface area (Å²) in [5.74, 6) is 0.676. The molecule has 1 amide bonds. The van der Waals surface area contributed by atoms with Crippen molar-refractivity contribution >= 4 is 18.3 Å². The zero-order chi connectivity index (χ0) is 17.1. The zero-order valence-corrected chi connectivity index (χ0v) is 15.8. The van der Waals surface area contributed by atoms with Crippen molar-refractivity contribution in [3.8, 4) is 0 Å². The lowest BCUT2D eigenvalue weighted by Gasteiger charge is -2.24. The van der Waals surface area contributed by atoms with E-state index in [4.69, 9.17) is 0 Å². The molecule has 2 aliphatic rings. The van der Waals surface area contributed by atoms with Crippen LogP contribution in [-0.2, 0) is 4.79 Å².